The summed E-state index contributed by atoms with van der Waals surface area (Å²) < 4.78 is 12.7. The van der Waals surface area contributed by atoms with Crippen LogP contribution in [-0.4, -0.2) is 38.2 Å². The Morgan fingerprint density at radius 1 is 1.12 bits per heavy atom. The van der Waals surface area contributed by atoms with Gasteiger partial charge < -0.3 is 19.2 Å². The predicted octanol–water partition coefficient (Wildman–Crippen LogP) is 2.62. The Kier molecular flexibility index (Phi) is 3.92. The molecule has 132 valence electrons. The SMILES string of the molecule is O=C(O)c1cc2n(n1)CCN(C(=O)c1ccc(Oc3ccccc3)o1)C2. The van der Waals surface area contributed by atoms with Crippen molar-refractivity contribution in [2.75, 3.05) is 6.54 Å². The Hall–Kier alpha value is -3.55. The molecule has 3 heterocycles. The minimum atomic E-state index is -1.08. The van der Waals surface area contributed by atoms with Crippen LogP contribution in [0.2, 0.25) is 0 Å². The molecule has 0 saturated carbocycles. The Bertz CT molecular complexity index is 960. The first-order valence-electron chi connectivity index (χ1n) is 8.02. The van der Waals surface area contributed by atoms with Crippen molar-refractivity contribution in [2.45, 2.75) is 13.1 Å². The second-order valence-electron chi connectivity index (χ2n) is 5.81. The van der Waals surface area contributed by atoms with E-state index in [0.717, 1.165) is 0 Å². The lowest BCUT2D eigenvalue weighted by Gasteiger charge is -2.26. The van der Waals surface area contributed by atoms with Crippen molar-refractivity contribution in [3.05, 3.63) is 65.7 Å². The maximum Gasteiger partial charge on any atom is 0.356 e. The zero-order valence-corrected chi connectivity index (χ0v) is 13.7. The molecule has 4 rings (SSSR count). The molecule has 1 aromatic carbocycles. The van der Waals surface area contributed by atoms with E-state index in [2.05, 4.69) is 5.10 Å². The largest absolute Gasteiger partial charge is 0.476 e. The molecule has 1 amide bonds. The van der Waals surface area contributed by atoms with Crippen molar-refractivity contribution in [3.63, 3.8) is 0 Å². The van der Waals surface area contributed by atoms with E-state index in [0.29, 0.717) is 24.5 Å². The number of nitrogens with zero attached hydrogens (tertiary/aromatic N) is 3. The lowest BCUT2D eigenvalue weighted by atomic mass is 10.2. The zero-order chi connectivity index (χ0) is 18.1. The summed E-state index contributed by atoms with van der Waals surface area (Å²) in [5.41, 5.74) is 0.653. The fourth-order valence-electron chi connectivity index (χ4n) is 2.79. The van der Waals surface area contributed by atoms with Crippen molar-refractivity contribution in [1.29, 1.82) is 0 Å². The van der Waals surface area contributed by atoms with Crippen LogP contribution in [0, 0.1) is 0 Å². The van der Waals surface area contributed by atoms with Crippen molar-refractivity contribution in [2.24, 2.45) is 0 Å². The van der Waals surface area contributed by atoms with Gasteiger partial charge in [0.15, 0.2) is 11.5 Å². The summed E-state index contributed by atoms with van der Waals surface area (Å²) in [6.45, 7) is 1.12. The van der Waals surface area contributed by atoms with E-state index >= 15 is 0 Å². The van der Waals surface area contributed by atoms with Gasteiger partial charge in [0.05, 0.1) is 18.8 Å². The maximum atomic E-state index is 12.6. The van der Waals surface area contributed by atoms with Gasteiger partial charge in [-0.2, -0.15) is 5.10 Å². The highest BCUT2D eigenvalue weighted by molar-refractivity contribution is 5.91. The third-order valence-corrected chi connectivity index (χ3v) is 4.06. The van der Waals surface area contributed by atoms with Crippen LogP contribution in [0.3, 0.4) is 0 Å². The van der Waals surface area contributed by atoms with Gasteiger partial charge in [-0.1, -0.05) is 18.2 Å². The van der Waals surface area contributed by atoms with Crippen molar-refractivity contribution < 1.29 is 23.8 Å². The highest BCUT2D eigenvalue weighted by atomic mass is 16.6. The molecule has 8 nitrogen and oxygen atoms in total. The molecule has 1 aliphatic rings. The number of hydrogen-bond acceptors (Lipinski definition) is 5. The number of rotatable bonds is 4. The van der Waals surface area contributed by atoms with Crippen LogP contribution in [0.4, 0.5) is 0 Å². The summed E-state index contributed by atoms with van der Waals surface area (Å²) in [6.07, 6.45) is 0. The topological polar surface area (TPSA) is 97.8 Å². The Balaban J connectivity index is 1.47. The smallest absolute Gasteiger partial charge is 0.356 e. The number of benzene rings is 1. The van der Waals surface area contributed by atoms with E-state index < -0.39 is 5.97 Å². The van der Waals surface area contributed by atoms with Gasteiger partial charge in [0, 0.05) is 12.6 Å². The Morgan fingerprint density at radius 2 is 1.92 bits per heavy atom. The third-order valence-electron chi connectivity index (χ3n) is 4.06. The van der Waals surface area contributed by atoms with Crippen LogP contribution in [-0.2, 0) is 13.1 Å². The molecule has 1 N–H and O–H groups in total. The summed E-state index contributed by atoms with van der Waals surface area (Å²) in [5, 5.41) is 13.0. The van der Waals surface area contributed by atoms with E-state index in [1.54, 1.807) is 33.8 Å². The predicted molar refractivity (Wildman–Crippen MR) is 89.2 cm³/mol. The Morgan fingerprint density at radius 3 is 2.69 bits per heavy atom. The molecule has 0 fully saturated rings. The van der Waals surface area contributed by atoms with E-state index in [1.165, 1.54) is 6.07 Å². The van der Waals surface area contributed by atoms with Crippen LogP contribution < -0.4 is 4.74 Å². The number of furan rings is 1. The van der Waals surface area contributed by atoms with Crippen molar-refractivity contribution in [3.8, 4) is 11.7 Å². The molecule has 0 bridgehead atoms. The molecular weight excluding hydrogens is 338 g/mol. The minimum Gasteiger partial charge on any atom is -0.476 e. The summed E-state index contributed by atoms with van der Waals surface area (Å²) >= 11 is 0. The number of amides is 1. The molecule has 8 heteroatoms. The zero-order valence-electron chi connectivity index (χ0n) is 13.7. The van der Waals surface area contributed by atoms with Gasteiger partial charge in [-0.3, -0.25) is 9.48 Å². The van der Waals surface area contributed by atoms with Gasteiger partial charge in [0.1, 0.15) is 5.75 Å². The monoisotopic (exact) mass is 353 g/mol. The minimum absolute atomic E-state index is 0.0224. The number of carbonyl (C=O) groups is 2. The Labute approximate surface area is 148 Å². The quantitative estimate of drug-likeness (QED) is 0.774. The van der Waals surface area contributed by atoms with Gasteiger partial charge in [-0.25, -0.2) is 4.79 Å². The van der Waals surface area contributed by atoms with Crippen LogP contribution in [0.15, 0.2) is 52.9 Å². The number of carboxylic acids is 1. The molecule has 0 unspecified atom stereocenters. The van der Waals surface area contributed by atoms with Gasteiger partial charge in [-0.05, 0) is 24.3 Å². The highest BCUT2D eigenvalue weighted by Crippen LogP contribution is 2.25. The normalized spacial score (nSPS) is 13.3. The van der Waals surface area contributed by atoms with E-state index in [1.807, 2.05) is 18.2 Å². The summed E-state index contributed by atoms with van der Waals surface area (Å²) in [5.74, 6) is -0.350. The number of para-hydroxylation sites is 1. The molecule has 1 aliphatic heterocycles. The molecule has 2 aromatic heterocycles. The van der Waals surface area contributed by atoms with Crippen molar-refractivity contribution >= 4 is 11.9 Å². The molecule has 0 aliphatic carbocycles. The average molecular weight is 353 g/mol. The molecule has 0 spiro atoms. The van der Waals surface area contributed by atoms with Crippen LogP contribution in [0.1, 0.15) is 26.7 Å². The molecule has 0 saturated heterocycles. The first-order valence-corrected chi connectivity index (χ1v) is 8.02. The molecule has 26 heavy (non-hydrogen) atoms. The highest BCUT2D eigenvalue weighted by Gasteiger charge is 2.26. The fourth-order valence-corrected chi connectivity index (χ4v) is 2.79. The lowest BCUT2D eigenvalue weighted by molar-refractivity contribution is 0.0661. The van der Waals surface area contributed by atoms with Crippen LogP contribution >= 0.6 is 0 Å². The number of carboxylic acid groups (broad SMARTS) is 1. The van der Waals surface area contributed by atoms with E-state index in [4.69, 9.17) is 14.3 Å². The second kappa shape index (κ2) is 6.40. The van der Waals surface area contributed by atoms with Gasteiger partial charge in [0.25, 0.3) is 11.9 Å². The summed E-state index contributed by atoms with van der Waals surface area (Å²) in [4.78, 5) is 25.3. The number of aromatic nitrogens is 2. The third kappa shape index (κ3) is 3.04. The molecule has 3 aromatic rings. The van der Waals surface area contributed by atoms with E-state index in [-0.39, 0.29) is 29.9 Å². The maximum absolute atomic E-state index is 12.6. The van der Waals surface area contributed by atoms with Gasteiger partial charge in [0.2, 0.25) is 0 Å². The van der Waals surface area contributed by atoms with Gasteiger partial charge in [-0.15, -0.1) is 0 Å². The number of ether oxygens (including phenoxy) is 1. The molecule has 0 atom stereocenters. The summed E-state index contributed by atoms with van der Waals surface area (Å²) in [7, 11) is 0. The number of hydrogen-bond donors (Lipinski definition) is 1. The standard InChI is InChI=1S/C18H15N3O5/c22-17(15-6-7-16(26-15)25-13-4-2-1-3-5-13)20-8-9-21-12(11-20)10-14(19-21)18(23)24/h1-7,10H,8-9,11H2,(H,23,24). The van der Waals surface area contributed by atoms with E-state index in [9.17, 15) is 9.59 Å². The van der Waals surface area contributed by atoms with Crippen LogP contribution in [0.5, 0.6) is 11.7 Å². The van der Waals surface area contributed by atoms with Gasteiger partial charge >= 0.3 is 5.97 Å². The first kappa shape index (κ1) is 15.9. The first-order chi connectivity index (χ1) is 12.6. The average Bonchev–Trinajstić information content (AvgIpc) is 3.28. The number of fused-ring (bicyclic) bond motifs is 1. The van der Waals surface area contributed by atoms with Crippen LogP contribution in [0.25, 0.3) is 0 Å². The molecular formula is C18H15N3O5. The number of carbonyl (C=O) groups excluding carboxylic acids is 1. The second-order valence-corrected chi connectivity index (χ2v) is 5.81. The number of aromatic carboxylic acids is 1. The summed E-state index contributed by atoms with van der Waals surface area (Å²) in [6, 6.07) is 13.8. The molecule has 0 radical (unpaired) electrons. The van der Waals surface area contributed by atoms with Crippen molar-refractivity contribution in [1.82, 2.24) is 14.7 Å². The lowest BCUT2D eigenvalue weighted by Crippen LogP contribution is -2.38. The fraction of sp³-hybridized carbons (Fsp3) is 0.167.